The van der Waals surface area contributed by atoms with Crippen LogP contribution in [0.5, 0.6) is 0 Å². The number of allylic oxidation sites excluding steroid dienone is 2. The summed E-state index contributed by atoms with van der Waals surface area (Å²) in [6, 6.07) is 5.03. The minimum atomic E-state index is -0.489. The van der Waals surface area contributed by atoms with Crippen LogP contribution in [0.3, 0.4) is 0 Å². The van der Waals surface area contributed by atoms with Crippen molar-refractivity contribution in [3.63, 3.8) is 0 Å². The molecule has 2 amide bonds. The van der Waals surface area contributed by atoms with E-state index in [1.807, 2.05) is 12.2 Å². The normalized spacial score (nSPS) is 16.2. The number of nitrogens with one attached hydrogen (secondary N) is 1. The zero-order valence-corrected chi connectivity index (χ0v) is 9.01. The molecule has 1 heterocycles. The van der Waals surface area contributed by atoms with Crippen molar-refractivity contribution >= 4 is 11.7 Å². The number of amides is 2. The Morgan fingerprint density at radius 1 is 1.29 bits per heavy atom. The number of carbonyl (C=O) groups excluding carboxylic acids is 1. The summed E-state index contributed by atoms with van der Waals surface area (Å²) in [5.74, 6) is -0.343. The number of rotatable bonds is 1. The summed E-state index contributed by atoms with van der Waals surface area (Å²) in [6.45, 7) is 0.563. The number of nitrogens with zero attached hydrogens (tertiary/aromatic N) is 2. The lowest BCUT2D eigenvalue weighted by Crippen LogP contribution is -2.12. The lowest BCUT2D eigenvalue weighted by Gasteiger charge is -1.99. The van der Waals surface area contributed by atoms with Crippen molar-refractivity contribution in [3.05, 3.63) is 54.5 Å². The highest BCUT2D eigenvalue weighted by atomic mass is 19.1. The van der Waals surface area contributed by atoms with E-state index < -0.39 is 6.03 Å². The molecule has 1 aliphatic heterocycles. The molecule has 0 fully saturated rings. The molecule has 1 aromatic rings. The molecular weight excluding hydrogens is 221 g/mol. The lowest BCUT2D eigenvalue weighted by molar-refractivity contribution is -0.513. The molecule has 0 saturated carbocycles. The Kier molecular flexibility index (Phi) is 3.40. The predicted octanol–water partition coefficient (Wildman–Crippen LogP) is 2.91. The van der Waals surface area contributed by atoms with Gasteiger partial charge in [-0.3, -0.25) is 0 Å². The summed E-state index contributed by atoms with van der Waals surface area (Å²) in [5.41, 5.74) is 0.511. The van der Waals surface area contributed by atoms with E-state index in [2.05, 4.69) is 10.4 Å². The molecule has 0 bridgehead atoms. The third-order valence-corrected chi connectivity index (χ3v) is 2.11. The van der Waals surface area contributed by atoms with Crippen molar-refractivity contribution in [2.45, 2.75) is 0 Å². The molecule has 0 spiro atoms. The topological polar surface area (TPSA) is 44.5 Å². The van der Waals surface area contributed by atoms with Gasteiger partial charge in [0.1, 0.15) is 5.82 Å². The van der Waals surface area contributed by atoms with Gasteiger partial charge in [0.25, 0.3) is 0 Å². The molecule has 1 aromatic carbocycles. The van der Waals surface area contributed by atoms with Crippen LogP contribution in [0.25, 0.3) is 0 Å². The second kappa shape index (κ2) is 5.16. The number of hydrogen-bond acceptors (Lipinski definition) is 1. The van der Waals surface area contributed by atoms with Crippen molar-refractivity contribution in [1.29, 1.82) is 0 Å². The number of azo groups is 2. The van der Waals surface area contributed by atoms with Gasteiger partial charge in [0.2, 0.25) is 0 Å². The molecule has 5 heteroatoms. The van der Waals surface area contributed by atoms with Gasteiger partial charge in [-0.25, -0.2) is 9.18 Å². The highest BCUT2D eigenvalue weighted by molar-refractivity contribution is 5.89. The SMILES string of the molecule is O=C(N=[N+]1C=CC=CC1)Nc1ccc(F)cc1. The number of hydrogen-bond donors (Lipinski definition) is 1. The molecule has 86 valence electrons. The van der Waals surface area contributed by atoms with E-state index in [0.717, 1.165) is 0 Å². The maximum atomic E-state index is 12.6. The van der Waals surface area contributed by atoms with Crippen molar-refractivity contribution in [1.82, 2.24) is 0 Å². The first kappa shape index (κ1) is 11.2. The summed E-state index contributed by atoms with van der Waals surface area (Å²) in [4.78, 5) is 11.5. The molecule has 0 saturated heterocycles. The monoisotopic (exact) mass is 232 g/mol. The molecule has 1 aliphatic rings. The molecule has 0 aromatic heterocycles. The van der Waals surface area contributed by atoms with Crippen LogP contribution in [0.2, 0.25) is 0 Å². The van der Waals surface area contributed by atoms with E-state index in [1.54, 1.807) is 12.3 Å². The van der Waals surface area contributed by atoms with Crippen LogP contribution in [0.15, 0.2) is 53.8 Å². The zero-order chi connectivity index (χ0) is 12.1. The fourth-order valence-electron chi connectivity index (χ4n) is 1.33. The van der Waals surface area contributed by atoms with E-state index in [9.17, 15) is 9.18 Å². The van der Waals surface area contributed by atoms with Gasteiger partial charge in [-0.1, -0.05) is 10.8 Å². The molecule has 0 radical (unpaired) electrons. The summed E-state index contributed by atoms with van der Waals surface area (Å²) in [7, 11) is 0. The number of anilines is 1. The van der Waals surface area contributed by atoms with Gasteiger partial charge >= 0.3 is 6.03 Å². The maximum Gasteiger partial charge on any atom is 0.405 e. The number of carbonyl (C=O) groups is 1. The van der Waals surface area contributed by atoms with E-state index in [0.29, 0.717) is 12.2 Å². The van der Waals surface area contributed by atoms with Crippen LogP contribution in [0.1, 0.15) is 0 Å². The summed E-state index contributed by atoms with van der Waals surface area (Å²) < 4.78 is 14.1. The van der Waals surface area contributed by atoms with E-state index in [4.69, 9.17) is 0 Å². The highest BCUT2D eigenvalue weighted by Crippen LogP contribution is 2.08. The van der Waals surface area contributed by atoms with Crippen molar-refractivity contribution < 1.29 is 13.9 Å². The first-order valence-electron chi connectivity index (χ1n) is 5.12. The quantitative estimate of drug-likeness (QED) is 0.743. The Morgan fingerprint density at radius 2 is 2.06 bits per heavy atom. The fraction of sp³-hybridized carbons (Fsp3) is 0.0833. The summed E-state index contributed by atoms with van der Waals surface area (Å²) >= 11 is 0. The molecule has 4 nitrogen and oxygen atoms in total. The highest BCUT2D eigenvalue weighted by Gasteiger charge is 2.08. The molecule has 0 unspecified atom stereocenters. The molecular formula is C12H11FN3O+. The Morgan fingerprint density at radius 3 is 2.71 bits per heavy atom. The molecule has 0 atom stereocenters. The Bertz CT molecular complexity index is 503. The Balaban J connectivity index is 2.00. The van der Waals surface area contributed by atoms with Gasteiger partial charge in [0, 0.05) is 11.8 Å². The van der Waals surface area contributed by atoms with Crippen LogP contribution < -0.4 is 5.32 Å². The Hall–Kier alpha value is -2.30. The predicted molar refractivity (Wildman–Crippen MR) is 61.3 cm³/mol. The fourth-order valence-corrected chi connectivity index (χ4v) is 1.33. The third-order valence-electron chi connectivity index (χ3n) is 2.11. The van der Waals surface area contributed by atoms with E-state index in [-0.39, 0.29) is 5.82 Å². The summed E-state index contributed by atoms with van der Waals surface area (Å²) in [5, 5.41) is 6.35. The van der Waals surface area contributed by atoms with E-state index >= 15 is 0 Å². The van der Waals surface area contributed by atoms with Crippen LogP contribution in [0.4, 0.5) is 14.9 Å². The van der Waals surface area contributed by atoms with Gasteiger partial charge in [0.15, 0.2) is 12.7 Å². The second-order valence-corrected chi connectivity index (χ2v) is 3.43. The smallest absolute Gasteiger partial charge is 0.302 e. The lowest BCUT2D eigenvalue weighted by atomic mass is 10.3. The second-order valence-electron chi connectivity index (χ2n) is 3.43. The van der Waals surface area contributed by atoms with Crippen molar-refractivity contribution in [3.8, 4) is 0 Å². The molecule has 0 aliphatic carbocycles. The molecule has 1 N–H and O–H groups in total. The third kappa shape index (κ3) is 3.34. The average molecular weight is 232 g/mol. The number of urea groups is 1. The number of benzene rings is 1. The van der Waals surface area contributed by atoms with Gasteiger partial charge in [-0.05, 0) is 30.3 Å². The first-order valence-corrected chi connectivity index (χ1v) is 5.12. The van der Waals surface area contributed by atoms with Gasteiger partial charge in [-0.15, -0.1) is 0 Å². The minimum Gasteiger partial charge on any atom is -0.302 e. The van der Waals surface area contributed by atoms with Gasteiger partial charge in [0.05, 0.1) is 5.11 Å². The van der Waals surface area contributed by atoms with Crippen molar-refractivity contribution in [2.75, 3.05) is 11.9 Å². The van der Waals surface area contributed by atoms with Crippen molar-refractivity contribution in [2.24, 2.45) is 5.11 Å². The largest absolute Gasteiger partial charge is 0.405 e. The summed E-state index contributed by atoms with van der Waals surface area (Å²) in [6.07, 6.45) is 7.25. The van der Waals surface area contributed by atoms with Gasteiger partial charge < -0.3 is 5.32 Å². The Labute approximate surface area is 97.8 Å². The maximum absolute atomic E-state index is 12.6. The first-order chi connectivity index (χ1) is 8.24. The number of halogens is 1. The van der Waals surface area contributed by atoms with Crippen LogP contribution in [0, 0.1) is 5.82 Å². The zero-order valence-electron chi connectivity index (χ0n) is 9.01. The van der Waals surface area contributed by atoms with E-state index in [1.165, 1.54) is 29.0 Å². The standard InChI is InChI=1S/C12H10FN3O/c13-10-4-6-11(7-5-10)14-12(17)15-16-8-2-1-3-9-16/h1-8H,9H2/p+1. The molecule has 17 heavy (non-hydrogen) atoms. The van der Waals surface area contributed by atoms with Crippen LogP contribution in [-0.2, 0) is 0 Å². The molecule has 2 rings (SSSR count). The average Bonchev–Trinajstić information content (AvgIpc) is 2.33. The van der Waals surface area contributed by atoms with Gasteiger partial charge in [-0.2, -0.15) is 0 Å². The van der Waals surface area contributed by atoms with Crippen LogP contribution in [-0.4, -0.2) is 17.3 Å². The van der Waals surface area contributed by atoms with Crippen LogP contribution >= 0.6 is 0 Å². The minimum absolute atomic E-state index is 0.343.